The standard InChI is InChI=1S/C14H20F3NO3/c1-8-11(13(20)21)5-6-18(8)12(19)9-3-2-4-10(7-9)14(15,16)17/h8-11H,2-7H2,1H3,(H,20,21). The highest BCUT2D eigenvalue weighted by atomic mass is 19.4. The van der Waals surface area contributed by atoms with Gasteiger partial charge in [0.1, 0.15) is 0 Å². The van der Waals surface area contributed by atoms with Gasteiger partial charge in [-0.25, -0.2) is 0 Å². The lowest BCUT2D eigenvalue weighted by atomic mass is 9.80. The molecule has 2 fully saturated rings. The Morgan fingerprint density at radius 1 is 1.19 bits per heavy atom. The van der Waals surface area contributed by atoms with Gasteiger partial charge in [0.15, 0.2) is 0 Å². The van der Waals surface area contributed by atoms with E-state index < -0.39 is 35.9 Å². The lowest BCUT2D eigenvalue weighted by Crippen LogP contribution is -2.43. The first kappa shape index (κ1) is 16.1. The Morgan fingerprint density at radius 2 is 1.86 bits per heavy atom. The van der Waals surface area contributed by atoms with E-state index >= 15 is 0 Å². The summed E-state index contributed by atoms with van der Waals surface area (Å²) >= 11 is 0. The molecule has 0 radical (unpaired) electrons. The summed E-state index contributed by atoms with van der Waals surface area (Å²) in [5, 5.41) is 9.06. The minimum Gasteiger partial charge on any atom is -0.481 e. The van der Waals surface area contributed by atoms with Crippen molar-refractivity contribution in [2.75, 3.05) is 6.54 Å². The van der Waals surface area contributed by atoms with Crippen molar-refractivity contribution < 1.29 is 27.9 Å². The monoisotopic (exact) mass is 307 g/mol. The first-order chi connectivity index (χ1) is 9.71. The van der Waals surface area contributed by atoms with Crippen molar-refractivity contribution in [3.63, 3.8) is 0 Å². The van der Waals surface area contributed by atoms with Crippen LogP contribution in [0, 0.1) is 17.8 Å². The molecule has 1 saturated heterocycles. The molecular weight excluding hydrogens is 287 g/mol. The van der Waals surface area contributed by atoms with Gasteiger partial charge in [0.25, 0.3) is 0 Å². The highest BCUT2D eigenvalue weighted by molar-refractivity contribution is 5.81. The fraction of sp³-hybridized carbons (Fsp3) is 0.857. The summed E-state index contributed by atoms with van der Waals surface area (Å²) in [6.45, 7) is 1.98. The summed E-state index contributed by atoms with van der Waals surface area (Å²) in [7, 11) is 0. The molecule has 1 saturated carbocycles. The van der Waals surface area contributed by atoms with Crippen LogP contribution in [0.25, 0.3) is 0 Å². The normalized spacial score (nSPS) is 34.0. The first-order valence-electron chi connectivity index (χ1n) is 7.31. The van der Waals surface area contributed by atoms with E-state index in [9.17, 15) is 22.8 Å². The summed E-state index contributed by atoms with van der Waals surface area (Å²) in [5.74, 6) is -3.90. The second kappa shape index (κ2) is 5.85. The summed E-state index contributed by atoms with van der Waals surface area (Å²) in [6.07, 6.45) is -3.10. The fourth-order valence-electron chi connectivity index (χ4n) is 3.53. The van der Waals surface area contributed by atoms with Gasteiger partial charge < -0.3 is 10.0 Å². The molecule has 2 rings (SSSR count). The Labute approximate surface area is 121 Å². The van der Waals surface area contributed by atoms with Crippen LogP contribution >= 0.6 is 0 Å². The maximum absolute atomic E-state index is 12.8. The van der Waals surface area contributed by atoms with Gasteiger partial charge in [0, 0.05) is 18.5 Å². The molecule has 1 N–H and O–H groups in total. The van der Waals surface area contributed by atoms with E-state index in [0.717, 1.165) is 0 Å². The Balaban J connectivity index is 2.02. The molecule has 1 amide bonds. The van der Waals surface area contributed by atoms with E-state index in [4.69, 9.17) is 5.11 Å². The van der Waals surface area contributed by atoms with Crippen LogP contribution in [0.4, 0.5) is 13.2 Å². The minimum absolute atomic E-state index is 0.0839. The summed E-state index contributed by atoms with van der Waals surface area (Å²) < 4.78 is 38.4. The van der Waals surface area contributed by atoms with Crippen molar-refractivity contribution in [1.29, 1.82) is 0 Å². The lowest BCUT2D eigenvalue weighted by Gasteiger charge is -2.33. The zero-order valence-corrected chi connectivity index (χ0v) is 11.9. The Bertz CT molecular complexity index is 424. The van der Waals surface area contributed by atoms with Crippen molar-refractivity contribution >= 4 is 11.9 Å². The molecule has 0 aromatic carbocycles. The Kier molecular flexibility index (Phi) is 4.49. The van der Waals surface area contributed by atoms with E-state index in [1.165, 1.54) is 4.90 Å². The van der Waals surface area contributed by atoms with E-state index in [2.05, 4.69) is 0 Å². The molecule has 2 aliphatic rings. The number of alkyl halides is 3. The van der Waals surface area contributed by atoms with Crippen LogP contribution in [0.5, 0.6) is 0 Å². The third kappa shape index (κ3) is 3.32. The molecule has 0 aromatic rings. The molecule has 0 spiro atoms. The topological polar surface area (TPSA) is 57.6 Å². The summed E-state index contributed by atoms with van der Waals surface area (Å²) in [4.78, 5) is 24.9. The average molecular weight is 307 g/mol. The van der Waals surface area contributed by atoms with Crippen molar-refractivity contribution in [2.45, 2.75) is 51.2 Å². The van der Waals surface area contributed by atoms with Crippen LogP contribution in [-0.4, -0.2) is 40.6 Å². The van der Waals surface area contributed by atoms with Gasteiger partial charge in [-0.3, -0.25) is 9.59 Å². The average Bonchev–Trinajstić information content (AvgIpc) is 2.79. The van der Waals surface area contributed by atoms with Gasteiger partial charge in [0.05, 0.1) is 11.8 Å². The maximum atomic E-state index is 12.8. The SMILES string of the molecule is CC1C(C(=O)O)CCN1C(=O)C1CCCC(C(F)(F)F)C1. The third-order valence-electron chi connectivity index (χ3n) is 4.84. The van der Waals surface area contributed by atoms with Gasteiger partial charge >= 0.3 is 12.1 Å². The number of aliphatic carboxylic acids is 1. The quantitative estimate of drug-likeness (QED) is 0.853. The number of carboxylic acids is 1. The van der Waals surface area contributed by atoms with Gasteiger partial charge in [-0.15, -0.1) is 0 Å². The number of likely N-dealkylation sites (tertiary alicyclic amines) is 1. The first-order valence-corrected chi connectivity index (χ1v) is 7.31. The molecule has 7 heteroatoms. The molecule has 4 atom stereocenters. The summed E-state index contributed by atoms with van der Waals surface area (Å²) in [6, 6.07) is -0.443. The highest BCUT2D eigenvalue weighted by Crippen LogP contribution is 2.41. The van der Waals surface area contributed by atoms with Gasteiger partial charge in [0.2, 0.25) is 5.91 Å². The van der Waals surface area contributed by atoms with Crippen molar-refractivity contribution in [3.05, 3.63) is 0 Å². The number of hydrogen-bond acceptors (Lipinski definition) is 2. The number of nitrogens with zero attached hydrogens (tertiary/aromatic N) is 1. The van der Waals surface area contributed by atoms with Crippen molar-refractivity contribution in [1.82, 2.24) is 4.90 Å². The number of hydrogen-bond donors (Lipinski definition) is 1. The minimum atomic E-state index is -4.25. The van der Waals surface area contributed by atoms with E-state index in [1.807, 2.05) is 0 Å². The fourth-order valence-corrected chi connectivity index (χ4v) is 3.53. The van der Waals surface area contributed by atoms with Crippen LogP contribution in [0.1, 0.15) is 39.0 Å². The summed E-state index contributed by atoms with van der Waals surface area (Å²) in [5.41, 5.74) is 0. The second-order valence-electron chi connectivity index (χ2n) is 6.11. The molecule has 1 aliphatic carbocycles. The number of rotatable bonds is 2. The molecule has 1 heterocycles. The smallest absolute Gasteiger partial charge is 0.391 e. The Hall–Kier alpha value is -1.27. The number of carbonyl (C=O) groups is 2. The molecule has 1 aliphatic heterocycles. The molecule has 21 heavy (non-hydrogen) atoms. The third-order valence-corrected chi connectivity index (χ3v) is 4.84. The number of carbonyl (C=O) groups excluding carboxylic acids is 1. The molecule has 120 valence electrons. The predicted molar refractivity (Wildman–Crippen MR) is 68.4 cm³/mol. The number of amides is 1. The maximum Gasteiger partial charge on any atom is 0.391 e. The number of halogens is 3. The highest BCUT2D eigenvalue weighted by Gasteiger charge is 2.46. The lowest BCUT2D eigenvalue weighted by molar-refractivity contribution is -0.187. The zero-order valence-electron chi connectivity index (χ0n) is 11.9. The van der Waals surface area contributed by atoms with Gasteiger partial charge in [-0.05, 0) is 32.6 Å². The van der Waals surface area contributed by atoms with Crippen LogP contribution in [0.15, 0.2) is 0 Å². The van der Waals surface area contributed by atoms with Crippen molar-refractivity contribution in [3.8, 4) is 0 Å². The Morgan fingerprint density at radius 3 is 2.38 bits per heavy atom. The predicted octanol–water partition coefficient (Wildman–Crippen LogP) is 2.68. The van der Waals surface area contributed by atoms with E-state index in [1.54, 1.807) is 6.92 Å². The van der Waals surface area contributed by atoms with Crippen LogP contribution in [-0.2, 0) is 9.59 Å². The molecular formula is C14H20F3NO3. The second-order valence-corrected chi connectivity index (χ2v) is 6.11. The van der Waals surface area contributed by atoms with Crippen LogP contribution in [0.3, 0.4) is 0 Å². The van der Waals surface area contributed by atoms with Gasteiger partial charge in [-0.2, -0.15) is 13.2 Å². The van der Waals surface area contributed by atoms with Crippen molar-refractivity contribution in [2.24, 2.45) is 17.8 Å². The number of carboxylic acid groups (broad SMARTS) is 1. The molecule has 0 bridgehead atoms. The van der Waals surface area contributed by atoms with E-state index in [0.29, 0.717) is 25.8 Å². The van der Waals surface area contributed by atoms with Crippen LogP contribution < -0.4 is 0 Å². The largest absolute Gasteiger partial charge is 0.481 e. The molecule has 0 aromatic heterocycles. The zero-order chi connectivity index (χ0) is 15.8. The molecule has 4 unspecified atom stereocenters. The molecule has 4 nitrogen and oxygen atoms in total. The van der Waals surface area contributed by atoms with Crippen LogP contribution in [0.2, 0.25) is 0 Å². The van der Waals surface area contributed by atoms with E-state index in [-0.39, 0.29) is 18.7 Å². The van der Waals surface area contributed by atoms with Gasteiger partial charge in [-0.1, -0.05) is 6.42 Å².